The summed E-state index contributed by atoms with van der Waals surface area (Å²) in [6.45, 7) is 2.01. The van der Waals surface area contributed by atoms with Gasteiger partial charge in [0, 0.05) is 24.2 Å². The molecule has 2 aromatic carbocycles. The molecule has 3 N–H and O–H groups in total. The second kappa shape index (κ2) is 12.8. The van der Waals surface area contributed by atoms with Gasteiger partial charge in [-0.2, -0.15) is 13.2 Å². The zero-order chi connectivity index (χ0) is 29.6. The van der Waals surface area contributed by atoms with Crippen LogP contribution in [0.25, 0.3) is 11.3 Å². The van der Waals surface area contributed by atoms with Gasteiger partial charge in [0.25, 0.3) is 5.91 Å². The van der Waals surface area contributed by atoms with Crippen LogP contribution in [-0.2, 0) is 10.3 Å². The molecule has 1 aromatic heterocycles. The van der Waals surface area contributed by atoms with Crippen LogP contribution in [0.2, 0.25) is 0 Å². The first-order chi connectivity index (χ1) is 19.5. The quantitative estimate of drug-likeness (QED) is 0.311. The van der Waals surface area contributed by atoms with Gasteiger partial charge in [0.15, 0.2) is 11.5 Å². The smallest absolute Gasteiger partial charge is 0.398 e. The average molecular weight is 578 g/mol. The van der Waals surface area contributed by atoms with Crippen molar-refractivity contribution < 1.29 is 41.7 Å². The fourth-order valence-corrected chi connectivity index (χ4v) is 4.50. The minimum atomic E-state index is -4.75. The number of carbonyl (C=O) groups is 1. The second-order valence-corrected chi connectivity index (χ2v) is 9.73. The predicted molar refractivity (Wildman–Crippen MR) is 143 cm³/mol. The van der Waals surface area contributed by atoms with Crippen LogP contribution in [-0.4, -0.2) is 68.8 Å². The minimum Gasteiger partial charge on any atom is -0.493 e. The molecule has 1 fully saturated rings. The van der Waals surface area contributed by atoms with Gasteiger partial charge in [-0.25, -0.2) is 4.39 Å². The van der Waals surface area contributed by atoms with Crippen LogP contribution in [0.5, 0.6) is 11.5 Å². The third kappa shape index (κ3) is 7.32. The number of morpholine rings is 1. The highest BCUT2D eigenvalue weighted by Gasteiger charge is 2.43. The van der Waals surface area contributed by atoms with E-state index in [-0.39, 0.29) is 48.3 Å². The van der Waals surface area contributed by atoms with E-state index in [0.717, 1.165) is 0 Å². The molecule has 8 nitrogen and oxygen atoms in total. The molecule has 1 saturated heterocycles. The maximum Gasteiger partial charge on any atom is 0.398 e. The highest BCUT2D eigenvalue weighted by atomic mass is 19.4. The number of aliphatic hydroxyl groups is 1. The number of rotatable bonds is 10. The Morgan fingerprint density at radius 1 is 1.17 bits per heavy atom. The summed E-state index contributed by atoms with van der Waals surface area (Å²) in [7, 11) is 1.35. The predicted octanol–water partition coefficient (Wildman–Crippen LogP) is 4.18. The van der Waals surface area contributed by atoms with Gasteiger partial charge in [-0.15, -0.1) is 0 Å². The lowest BCUT2D eigenvalue weighted by Gasteiger charge is -2.36. The molecule has 0 radical (unpaired) electrons. The number of benzene rings is 2. The maximum atomic E-state index is 14.5. The van der Waals surface area contributed by atoms with Gasteiger partial charge in [0.1, 0.15) is 18.3 Å². The molecule has 2 atom stereocenters. The van der Waals surface area contributed by atoms with Gasteiger partial charge in [-0.1, -0.05) is 0 Å². The fourth-order valence-electron chi connectivity index (χ4n) is 4.50. The van der Waals surface area contributed by atoms with Crippen molar-refractivity contribution in [3.05, 3.63) is 77.2 Å². The van der Waals surface area contributed by atoms with Gasteiger partial charge in [0.05, 0.1) is 43.9 Å². The Bertz CT molecular complexity index is 1350. The molecular formula is C29H31F4N3O5. The number of amides is 1. The van der Waals surface area contributed by atoms with Crippen LogP contribution in [0.3, 0.4) is 0 Å². The zero-order valence-electron chi connectivity index (χ0n) is 22.6. The van der Waals surface area contributed by atoms with Crippen molar-refractivity contribution in [2.24, 2.45) is 0 Å². The Balaban J connectivity index is 1.66. The van der Waals surface area contributed by atoms with E-state index in [9.17, 15) is 22.4 Å². The Morgan fingerprint density at radius 2 is 1.93 bits per heavy atom. The number of nitrogens with zero attached hydrogens (tertiary/aromatic N) is 1. The average Bonchev–Trinajstić information content (AvgIpc) is 2.96. The van der Waals surface area contributed by atoms with Crippen LogP contribution < -0.4 is 20.1 Å². The summed E-state index contributed by atoms with van der Waals surface area (Å²) >= 11 is 0. The van der Waals surface area contributed by atoms with Gasteiger partial charge in [-0.3, -0.25) is 9.78 Å². The van der Waals surface area contributed by atoms with Crippen molar-refractivity contribution in [1.29, 1.82) is 0 Å². The molecule has 220 valence electrons. The number of aromatic nitrogens is 1. The number of alkyl halides is 3. The number of methoxy groups -OCH3 is 1. The van der Waals surface area contributed by atoms with E-state index in [1.165, 1.54) is 55.6 Å². The number of hydrogen-bond acceptors (Lipinski definition) is 7. The summed E-state index contributed by atoms with van der Waals surface area (Å²) in [5, 5.41) is 14.6. The van der Waals surface area contributed by atoms with Crippen LogP contribution in [0.15, 0.2) is 54.6 Å². The summed E-state index contributed by atoms with van der Waals surface area (Å²) in [6, 6.07) is 12.5. The normalized spacial score (nSPS) is 18.0. The van der Waals surface area contributed by atoms with Gasteiger partial charge >= 0.3 is 6.18 Å². The third-order valence-electron chi connectivity index (χ3n) is 6.77. The first-order valence-corrected chi connectivity index (χ1v) is 12.9. The first kappa shape index (κ1) is 30.2. The molecule has 0 spiro atoms. The van der Waals surface area contributed by atoms with E-state index in [0.29, 0.717) is 24.3 Å². The van der Waals surface area contributed by atoms with Crippen LogP contribution in [0.1, 0.15) is 34.5 Å². The Kier molecular flexibility index (Phi) is 9.46. The van der Waals surface area contributed by atoms with E-state index in [1.807, 2.05) is 6.92 Å². The number of nitrogens with one attached hydrogen (secondary N) is 2. The number of pyridine rings is 1. The molecule has 1 aliphatic heterocycles. The molecule has 0 saturated carbocycles. The van der Waals surface area contributed by atoms with Crippen molar-refractivity contribution >= 4 is 5.91 Å². The standard InChI is InChI=1S/C29H31F4N3O5/c1-28(17-40-11-9-35-28)20-14-23(18-3-6-21(30)7-4-18)36-24(15-20)22(29(31,32)33)16-34-27(38)19-5-8-25(41-12-10-37)26(13-19)39-2/h3-8,13-15,22,35,37H,9-12,16-17H2,1-2H3,(H,34,38). The lowest BCUT2D eigenvalue weighted by molar-refractivity contribution is -0.149. The molecular weight excluding hydrogens is 546 g/mol. The van der Waals surface area contributed by atoms with E-state index >= 15 is 0 Å². The second-order valence-electron chi connectivity index (χ2n) is 9.73. The van der Waals surface area contributed by atoms with Crippen molar-refractivity contribution in [2.75, 3.05) is 46.6 Å². The minimum absolute atomic E-state index is 0.00182. The summed E-state index contributed by atoms with van der Waals surface area (Å²) in [5.41, 5.74) is 0.161. The number of ether oxygens (including phenoxy) is 3. The number of carbonyl (C=O) groups excluding carboxylic acids is 1. The monoisotopic (exact) mass is 577 g/mol. The molecule has 41 heavy (non-hydrogen) atoms. The lowest BCUT2D eigenvalue weighted by atomic mass is 9.88. The highest BCUT2D eigenvalue weighted by Crippen LogP contribution is 2.37. The number of halogens is 4. The maximum absolute atomic E-state index is 14.5. The van der Waals surface area contributed by atoms with Crippen LogP contribution in [0, 0.1) is 5.82 Å². The molecule has 2 unspecified atom stereocenters. The summed E-state index contributed by atoms with van der Waals surface area (Å²) in [6.07, 6.45) is -4.75. The third-order valence-corrected chi connectivity index (χ3v) is 6.77. The van der Waals surface area contributed by atoms with Crippen molar-refractivity contribution in [1.82, 2.24) is 15.6 Å². The van der Waals surface area contributed by atoms with Crippen LogP contribution in [0.4, 0.5) is 17.6 Å². The number of hydrogen-bond donors (Lipinski definition) is 3. The SMILES string of the molecule is COc1cc(C(=O)NCC(c2cc(C3(C)COCCN3)cc(-c3ccc(F)cc3)n2)C(F)(F)F)ccc1OCCO. The van der Waals surface area contributed by atoms with Crippen molar-refractivity contribution in [3.8, 4) is 22.8 Å². The van der Waals surface area contributed by atoms with E-state index in [1.54, 1.807) is 6.07 Å². The zero-order valence-corrected chi connectivity index (χ0v) is 22.6. The lowest BCUT2D eigenvalue weighted by Crippen LogP contribution is -2.49. The summed E-state index contributed by atoms with van der Waals surface area (Å²) in [4.78, 5) is 17.2. The summed E-state index contributed by atoms with van der Waals surface area (Å²) < 4.78 is 73.1. The van der Waals surface area contributed by atoms with Crippen LogP contribution >= 0.6 is 0 Å². The Morgan fingerprint density at radius 3 is 2.56 bits per heavy atom. The van der Waals surface area contributed by atoms with Crippen molar-refractivity contribution in [3.63, 3.8) is 0 Å². The van der Waals surface area contributed by atoms with Crippen molar-refractivity contribution in [2.45, 2.75) is 24.6 Å². The van der Waals surface area contributed by atoms with E-state index in [4.69, 9.17) is 19.3 Å². The molecule has 1 amide bonds. The van der Waals surface area contributed by atoms with E-state index in [2.05, 4.69) is 15.6 Å². The molecule has 2 heterocycles. The number of aliphatic hydroxyl groups excluding tert-OH is 1. The topological polar surface area (TPSA) is 102 Å². The molecule has 12 heteroatoms. The Labute approximate surface area is 234 Å². The first-order valence-electron chi connectivity index (χ1n) is 12.9. The van der Waals surface area contributed by atoms with Gasteiger partial charge in [-0.05, 0) is 67.1 Å². The highest BCUT2D eigenvalue weighted by molar-refractivity contribution is 5.95. The summed E-state index contributed by atoms with van der Waals surface area (Å²) in [5.74, 6) is -2.93. The molecule has 0 bridgehead atoms. The Hall–Kier alpha value is -3.74. The largest absolute Gasteiger partial charge is 0.493 e. The van der Waals surface area contributed by atoms with Gasteiger partial charge < -0.3 is 30.0 Å². The molecule has 4 rings (SSSR count). The fraction of sp³-hybridized carbons (Fsp3) is 0.379. The van der Waals surface area contributed by atoms with E-state index < -0.39 is 35.9 Å². The molecule has 0 aliphatic carbocycles. The molecule has 3 aromatic rings. The molecule has 1 aliphatic rings. The van der Waals surface area contributed by atoms with Gasteiger partial charge in [0.2, 0.25) is 0 Å².